The minimum absolute atomic E-state index is 0.0762. The molecule has 6 nitrogen and oxygen atoms in total. The number of amides is 1. The fourth-order valence-electron chi connectivity index (χ4n) is 2.24. The summed E-state index contributed by atoms with van der Waals surface area (Å²) in [6.45, 7) is 0.341. The number of hydrogen-bond acceptors (Lipinski definition) is 4. The van der Waals surface area contributed by atoms with Gasteiger partial charge in [-0.25, -0.2) is 4.79 Å². The van der Waals surface area contributed by atoms with Crippen LogP contribution in [0.5, 0.6) is 5.75 Å². The predicted octanol–water partition coefficient (Wildman–Crippen LogP) is 1.95. The van der Waals surface area contributed by atoms with Gasteiger partial charge in [0.25, 0.3) is 5.91 Å². The van der Waals surface area contributed by atoms with Crippen molar-refractivity contribution in [3.8, 4) is 5.75 Å². The van der Waals surface area contributed by atoms with E-state index in [9.17, 15) is 27.9 Å². The number of nitrogens with one attached hydrogen (secondary N) is 1. The first-order valence-electron chi connectivity index (χ1n) is 6.71. The average Bonchev–Trinajstić information content (AvgIpc) is 2.46. The van der Waals surface area contributed by atoms with E-state index in [-0.39, 0.29) is 31.6 Å². The molecule has 126 valence electrons. The van der Waals surface area contributed by atoms with Gasteiger partial charge in [-0.3, -0.25) is 4.79 Å². The molecule has 0 spiro atoms. The number of rotatable bonds is 4. The van der Waals surface area contributed by atoms with Gasteiger partial charge in [0.05, 0.1) is 0 Å². The quantitative estimate of drug-likeness (QED) is 0.880. The van der Waals surface area contributed by atoms with Gasteiger partial charge in [-0.05, 0) is 18.2 Å². The summed E-state index contributed by atoms with van der Waals surface area (Å²) in [5.74, 6) is -2.56. The number of ether oxygens (including phenoxy) is 2. The zero-order valence-corrected chi connectivity index (χ0v) is 11.9. The zero-order chi connectivity index (χ0) is 17.1. The summed E-state index contributed by atoms with van der Waals surface area (Å²) in [7, 11) is 0. The van der Waals surface area contributed by atoms with Gasteiger partial charge < -0.3 is 19.9 Å². The smallest absolute Gasteiger partial charge is 0.480 e. The number of benzene rings is 1. The van der Waals surface area contributed by atoms with Crippen molar-refractivity contribution >= 4 is 11.9 Å². The van der Waals surface area contributed by atoms with E-state index in [0.717, 1.165) is 12.1 Å². The minimum Gasteiger partial charge on any atom is -0.480 e. The van der Waals surface area contributed by atoms with Gasteiger partial charge in [0.2, 0.25) is 0 Å². The number of carbonyl (C=O) groups excluding carboxylic acids is 1. The van der Waals surface area contributed by atoms with Crippen LogP contribution < -0.4 is 10.1 Å². The Hall–Kier alpha value is -2.29. The molecule has 2 N–H and O–H groups in total. The van der Waals surface area contributed by atoms with Crippen LogP contribution >= 0.6 is 0 Å². The standard InChI is InChI=1S/C14H14F3NO5/c15-14(16,17)23-10-3-1-2-9(8-10)11(19)18-13(12(20)21)4-6-22-7-5-13/h1-3,8H,4-7H2,(H,18,19)(H,20,21). The Morgan fingerprint density at radius 3 is 2.48 bits per heavy atom. The number of aliphatic carboxylic acids is 1. The van der Waals surface area contributed by atoms with Crippen molar-refractivity contribution in [1.82, 2.24) is 5.32 Å². The van der Waals surface area contributed by atoms with Crippen LogP contribution in [0.1, 0.15) is 23.2 Å². The highest BCUT2D eigenvalue weighted by molar-refractivity contribution is 5.98. The van der Waals surface area contributed by atoms with Crippen molar-refractivity contribution in [3.05, 3.63) is 29.8 Å². The van der Waals surface area contributed by atoms with E-state index in [0.29, 0.717) is 0 Å². The van der Waals surface area contributed by atoms with E-state index in [2.05, 4.69) is 10.1 Å². The highest BCUT2D eigenvalue weighted by atomic mass is 19.4. The number of carboxylic acids is 1. The first-order valence-corrected chi connectivity index (χ1v) is 6.71. The number of hydrogen-bond donors (Lipinski definition) is 2. The Balaban J connectivity index is 2.16. The van der Waals surface area contributed by atoms with Gasteiger partial charge in [-0.15, -0.1) is 13.2 Å². The molecule has 1 amide bonds. The first kappa shape index (κ1) is 17.1. The van der Waals surface area contributed by atoms with Gasteiger partial charge in [-0.2, -0.15) is 0 Å². The molecule has 1 aromatic carbocycles. The van der Waals surface area contributed by atoms with Gasteiger partial charge in [0, 0.05) is 31.6 Å². The van der Waals surface area contributed by atoms with Crippen LogP contribution in [0.15, 0.2) is 24.3 Å². The second-order valence-corrected chi connectivity index (χ2v) is 5.03. The third-order valence-electron chi connectivity index (χ3n) is 3.44. The molecule has 1 saturated heterocycles. The summed E-state index contributed by atoms with van der Waals surface area (Å²) < 4.78 is 45.4. The summed E-state index contributed by atoms with van der Waals surface area (Å²) in [4.78, 5) is 23.6. The lowest BCUT2D eigenvalue weighted by Crippen LogP contribution is -2.57. The number of carboxylic acid groups (broad SMARTS) is 1. The predicted molar refractivity (Wildman–Crippen MR) is 71.0 cm³/mol. The molecule has 2 rings (SSSR count). The molecule has 0 unspecified atom stereocenters. The molecule has 0 aliphatic carbocycles. The number of halogens is 3. The molecule has 1 aromatic rings. The van der Waals surface area contributed by atoms with Gasteiger partial charge in [0.1, 0.15) is 11.3 Å². The van der Waals surface area contributed by atoms with Crippen LogP contribution in [0.4, 0.5) is 13.2 Å². The van der Waals surface area contributed by atoms with Crippen LogP contribution in [-0.2, 0) is 9.53 Å². The van der Waals surface area contributed by atoms with E-state index in [1.807, 2.05) is 0 Å². The molecular formula is C14H14F3NO5. The fourth-order valence-corrected chi connectivity index (χ4v) is 2.24. The molecule has 0 atom stereocenters. The zero-order valence-electron chi connectivity index (χ0n) is 11.9. The lowest BCUT2D eigenvalue weighted by molar-refractivity contribution is -0.274. The topological polar surface area (TPSA) is 84.9 Å². The first-order chi connectivity index (χ1) is 10.7. The second kappa shape index (κ2) is 6.45. The van der Waals surface area contributed by atoms with Gasteiger partial charge in [0.15, 0.2) is 0 Å². The van der Waals surface area contributed by atoms with Crippen molar-refractivity contribution in [3.63, 3.8) is 0 Å². The second-order valence-electron chi connectivity index (χ2n) is 5.03. The van der Waals surface area contributed by atoms with Crippen molar-refractivity contribution in [2.24, 2.45) is 0 Å². The van der Waals surface area contributed by atoms with Crippen LogP contribution in [0, 0.1) is 0 Å². The largest absolute Gasteiger partial charge is 0.573 e. The summed E-state index contributed by atoms with van der Waals surface area (Å²) in [6, 6.07) is 4.43. The number of alkyl halides is 3. The molecule has 0 saturated carbocycles. The molecule has 1 heterocycles. The molecule has 9 heteroatoms. The van der Waals surface area contributed by atoms with Gasteiger partial charge in [-0.1, -0.05) is 6.07 Å². The Bertz CT molecular complexity index is 596. The van der Waals surface area contributed by atoms with Crippen molar-refractivity contribution in [2.75, 3.05) is 13.2 Å². The summed E-state index contributed by atoms with van der Waals surface area (Å²) in [5.41, 5.74) is -1.62. The lowest BCUT2D eigenvalue weighted by Gasteiger charge is -2.33. The summed E-state index contributed by atoms with van der Waals surface area (Å²) >= 11 is 0. The normalized spacial score (nSPS) is 17.3. The van der Waals surface area contributed by atoms with Crippen molar-refractivity contribution in [1.29, 1.82) is 0 Å². The Morgan fingerprint density at radius 1 is 1.26 bits per heavy atom. The number of carbonyl (C=O) groups is 2. The highest BCUT2D eigenvalue weighted by Crippen LogP contribution is 2.25. The van der Waals surface area contributed by atoms with E-state index in [1.165, 1.54) is 12.1 Å². The third kappa shape index (κ3) is 4.35. The molecule has 23 heavy (non-hydrogen) atoms. The molecule has 1 fully saturated rings. The maximum absolute atomic E-state index is 12.2. The van der Waals surface area contributed by atoms with Crippen LogP contribution in [0.2, 0.25) is 0 Å². The monoisotopic (exact) mass is 333 g/mol. The summed E-state index contributed by atoms with van der Waals surface area (Å²) in [5, 5.41) is 11.7. The Kier molecular flexibility index (Phi) is 4.79. The highest BCUT2D eigenvalue weighted by Gasteiger charge is 2.41. The SMILES string of the molecule is O=C(NC1(C(=O)O)CCOCC1)c1cccc(OC(F)(F)F)c1. The summed E-state index contributed by atoms with van der Waals surface area (Å²) in [6.07, 6.45) is -4.72. The Labute approximate surface area is 129 Å². The minimum atomic E-state index is -4.88. The fraction of sp³-hybridized carbons (Fsp3) is 0.429. The van der Waals surface area contributed by atoms with Gasteiger partial charge >= 0.3 is 12.3 Å². The maximum atomic E-state index is 12.2. The Morgan fingerprint density at radius 2 is 1.91 bits per heavy atom. The van der Waals surface area contributed by atoms with Crippen LogP contribution in [0.25, 0.3) is 0 Å². The third-order valence-corrected chi connectivity index (χ3v) is 3.44. The molecule has 0 bridgehead atoms. The molecule has 0 radical (unpaired) electrons. The molecule has 0 aromatic heterocycles. The van der Waals surface area contributed by atoms with E-state index in [4.69, 9.17) is 4.74 Å². The molecule has 1 aliphatic heterocycles. The molecular weight excluding hydrogens is 319 g/mol. The van der Waals surface area contributed by atoms with Crippen LogP contribution in [-0.4, -0.2) is 42.1 Å². The molecule has 1 aliphatic rings. The van der Waals surface area contributed by atoms with E-state index < -0.39 is 29.5 Å². The maximum Gasteiger partial charge on any atom is 0.573 e. The average molecular weight is 333 g/mol. The van der Waals surface area contributed by atoms with E-state index >= 15 is 0 Å². The van der Waals surface area contributed by atoms with Crippen molar-refractivity contribution < 1.29 is 37.3 Å². The van der Waals surface area contributed by atoms with Crippen LogP contribution in [0.3, 0.4) is 0 Å². The van der Waals surface area contributed by atoms with E-state index in [1.54, 1.807) is 0 Å². The lowest BCUT2D eigenvalue weighted by atomic mass is 9.89. The van der Waals surface area contributed by atoms with Crippen molar-refractivity contribution in [2.45, 2.75) is 24.7 Å².